The van der Waals surface area contributed by atoms with Crippen molar-refractivity contribution in [2.75, 3.05) is 13.2 Å². The topological polar surface area (TPSA) is 90.8 Å². The van der Waals surface area contributed by atoms with E-state index in [2.05, 4.69) is 32.0 Å². The van der Waals surface area contributed by atoms with Crippen LogP contribution in [0.1, 0.15) is 23.1 Å². The van der Waals surface area contributed by atoms with Crippen molar-refractivity contribution in [3.05, 3.63) is 65.2 Å². The number of para-hydroxylation sites is 1. The van der Waals surface area contributed by atoms with Gasteiger partial charge in [-0.25, -0.2) is 0 Å². The molecule has 4 N–H and O–H groups in total. The van der Waals surface area contributed by atoms with Crippen LogP contribution in [0.5, 0.6) is 5.75 Å². The highest BCUT2D eigenvalue weighted by Gasteiger charge is 2.23. The first kappa shape index (κ1) is 19.6. The molecule has 2 aromatic rings. The lowest BCUT2D eigenvalue weighted by Gasteiger charge is -2.24. The second-order valence-electron chi connectivity index (χ2n) is 5.99. The van der Waals surface area contributed by atoms with E-state index in [0.29, 0.717) is 31.9 Å². The van der Waals surface area contributed by atoms with Gasteiger partial charge in [-0.1, -0.05) is 46.8 Å². The minimum Gasteiger partial charge on any atom is -0.397 e. The van der Waals surface area contributed by atoms with Crippen molar-refractivity contribution in [2.24, 2.45) is 11.0 Å². The van der Waals surface area contributed by atoms with Crippen molar-refractivity contribution in [1.29, 1.82) is 0 Å². The molecule has 0 heterocycles. The Balaban J connectivity index is 1.80. The zero-order valence-electron chi connectivity index (χ0n) is 14.7. The van der Waals surface area contributed by atoms with Crippen LogP contribution in [0.3, 0.4) is 0 Å². The van der Waals surface area contributed by atoms with Crippen molar-refractivity contribution >= 4 is 7.59 Å². The number of hydroxylamine groups is 1. The summed E-state index contributed by atoms with van der Waals surface area (Å²) in [5.74, 6) is 0.537. The first-order valence-electron chi connectivity index (χ1n) is 8.18. The Hall–Kier alpha value is -1.69. The Morgan fingerprint density at radius 1 is 1.08 bits per heavy atom. The number of hydrogen-bond acceptors (Lipinski definition) is 3. The van der Waals surface area contributed by atoms with Gasteiger partial charge >= 0.3 is 7.59 Å². The fourth-order valence-corrected chi connectivity index (χ4v) is 3.04. The molecular formula is C18H26N3O3P. The maximum atomic E-state index is 12.0. The van der Waals surface area contributed by atoms with E-state index in [-0.39, 0.29) is 0 Å². The molecule has 0 aliphatic carbocycles. The van der Waals surface area contributed by atoms with Gasteiger partial charge in [0.1, 0.15) is 5.75 Å². The van der Waals surface area contributed by atoms with Gasteiger partial charge in [0, 0.05) is 13.2 Å². The molecule has 6 nitrogen and oxygen atoms in total. The highest BCUT2D eigenvalue weighted by molar-refractivity contribution is 7.56. The van der Waals surface area contributed by atoms with Crippen LogP contribution in [0.2, 0.25) is 0 Å². The third-order valence-corrected chi connectivity index (χ3v) is 4.68. The highest BCUT2D eigenvalue weighted by Crippen LogP contribution is 2.32. The molecule has 0 atom stereocenters. The van der Waals surface area contributed by atoms with Gasteiger partial charge in [-0.05, 0) is 43.5 Å². The van der Waals surface area contributed by atoms with Gasteiger partial charge in [-0.2, -0.15) is 0 Å². The van der Waals surface area contributed by atoms with Crippen molar-refractivity contribution in [3.63, 3.8) is 0 Å². The van der Waals surface area contributed by atoms with Crippen LogP contribution in [0.4, 0.5) is 0 Å². The van der Waals surface area contributed by atoms with Crippen molar-refractivity contribution < 1.29 is 14.1 Å². The predicted molar refractivity (Wildman–Crippen MR) is 99.9 cm³/mol. The summed E-state index contributed by atoms with van der Waals surface area (Å²) in [5, 5.41) is 0. The van der Waals surface area contributed by atoms with E-state index in [1.807, 2.05) is 18.2 Å². The van der Waals surface area contributed by atoms with Gasteiger partial charge < -0.3 is 9.57 Å². The van der Waals surface area contributed by atoms with E-state index < -0.39 is 7.59 Å². The van der Waals surface area contributed by atoms with Gasteiger partial charge in [0.15, 0.2) is 0 Å². The van der Waals surface area contributed by atoms with Crippen LogP contribution in [-0.2, 0) is 15.9 Å². The van der Waals surface area contributed by atoms with E-state index >= 15 is 0 Å². The number of nitrogens with zero attached hydrogens (tertiary/aromatic N) is 1. The van der Waals surface area contributed by atoms with Crippen LogP contribution in [0.25, 0.3) is 0 Å². The Kier molecular flexibility index (Phi) is 7.17. The molecule has 0 saturated carbocycles. The number of rotatable bonds is 9. The SMILES string of the molecule is Cc1ccc(COCCCN(Oc2ccccc2)P(N)(N)=O)c(C)c1. The average molecular weight is 363 g/mol. The third kappa shape index (κ3) is 6.61. The number of hydrogen-bond donors (Lipinski definition) is 2. The lowest BCUT2D eigenvalue weighted by Crippen LogP contribution is -2.33. The third-order valence-electron chi connectivity index (χ3n) is 3.70. The van der Waals surface area contributed by atoms with Crippen molar-refractivity contribution in [2.45, 2.75) is 26.9 Å². The van der Waals surface area contributed by atoms with Crippen molar-refractivity contribution in [3.8, 4) is 5.75 Å². The van der Waals surface area contributed by atoms with Gasteiger partial charge in [0.25, 0.3) is 0 Å². The molecule has 0 aromatic heterocycles. The van der Waals surface area contributed by atoms with Crippen LogP contribution in [0, 0.1) is 13.8 Å². The van der Waals surface area contributed by atoms with E-state index in [1.54, 1.807) is 12.1 Å². The Morgan fingerprint density at radius 3 is 2.44 bits per heavy atom. The molecule has 0 aliphatic rings. The summed E-state index contributed by atoms with van der Waals surface area (Å²) in [4.78, 5) is 6.68. The molecule has 0 bridgehead atoms. The minimum absolute atomic E-state index is 0.312. The fourth-order valence-electron chi connectivity index (χ4n) is 2.36. The molecule has 7 heteroatoms. The first-order valence-corrected chi connectivity index (χ1v) is 9.98. The molecule has 0 aliphatic heterocycles. The quantitative estimate of drug-likeness (QED) is 0.402. The molecule has 136 valence electrons. The molecule has 25 heavy (non-hydrogen) atoms. The van der Waals surface area contributed by atoms with E-state index in [9.17, 15) is 4.57 Å². The lowest BCUT2D eigenvalue weighted by atomic mass is 10.1. The smallest absolute Gasteiger partial charge is 0.308 e. The molecule has 0 spiro atoms. The van der Waals surface area contributed by atoms with E-state index in [4.69, 9.17) is 20.6 Å². The van der Waals surface area contributed by atoms with E-state index in [0.717, 1.165) is 10.4 Å². The molecule has 0 radical (unpaired) electrons. The van der Waals surface area contributed by atoms with Gasteiger partial charge in [0.2, 0.25) is 0 Å². The highest BCUT2D eigenvalue weighted by atomic mass is 31.2. The maximum absolute atomic E-state index is 12.0. The number of nitrogens with two attached hydrogens (primary N) is 2. The van der Waals surface area contributed by atoms with Crippen LogP contribution >= 0.6 is 7.59 Å². The average Bonchev–Trinajstić information content (AvgIpc) is 2.55. The second kappa shape index (κ2) is 9.13. The summed E-state index contributed by atoms with van der Waals surface area (Å²) in [7, 11) is -3.51. The zero-order chi connectivity index (χ0) is 18.3. The summed E-state index contributed by atoms with van der Waals surface area (Å²) in [6.07, 6.45) is 0.593. The van der Waals surface area contributed by atoms with E-state index in [1.165, 1.54) is 11.1 Å². The van der Waals surface area contributed by atoms with Crippen LogP contribution < -0.4 is 15.8 Å². The largest absolute Gasteiger partial charge is 0.397 e. The molecule has 0 saturated heterocycles. The number of aryl methyl sites for hydroxylation is 2. The monoisotopic (exact) mass is 363 g/mol. The second-order valence-corrected chi connectivity index (χ2v) is 7.78. The van der Waals surface area contributed by atoms with Crippen molar-refractivity contribution in [1.82, 2.24) is 4.83 Å². The number of benzene rings is 2. The maximum Gasteiger partial charge on any atom is 0.308 e. The number of ether oxygens (including phenoxy) is 1. The van der Waals surface area contributed by atoms with Gasteiger partial charge in [-0.15, -0.1) is 0 Å². The fraction of sp³-hybridized carbons (Fsp3) is 0.333. The standard InChI is InChI=1S/C18H26N3O3P/c1-15-9-10-17(16(2)13-15)14-23-12-6-11-21(25(19,20)22)24-18-7-4-3-5-8-18/h3-5,7-10,13H,6,11-12,14H2,1-2H3,(H4,19,20,22). The summed E-state index contributed by atoms with van der Waals surface area (Å²) in [5.41, 5.74) is 14.7. The molecule has 0 fully saturated rings. The Morgan fingerprint density at radius 2 is 1.80 bits per heavy atom. The summed E-state index contributed by atoms with van der Waals surface area (Å²) < 4.78 is 17.7. The van der Waals surface area contributed by atoms with Crippen LogP contribution in [-0.4, -0.2) is 18.0 Å². The molecule has 2 aromatic carbocycles. The Labute approximate surface area is 149 Å². The van der Waals surface area contributed by atoms with Crippen LogP contribution in [0.15, 0.2) is 48.5 Å². The minimum atomic E-state index is -3.51. The normalized spacial score (nSPS) is 11.7. The molecular weight excluding hydrogens is 337 g/mol. The Bertz CT molecular complexity index is 719. The molecule has 0 amide bonds. The van der Waals surface area contributed by atoms with Gasteiger partial charge in [0.05, 0.1) is 6.61 Å². The molecule has 2 rings (SSSR count). The van der Waals surface area contributed by atoms with Gasteiger partial charge in [-0.3, -0.25) is 15.6 Å². The zero-order valence-corrected chi connectivity index (χ0v) is 15.6. The summed E-state index contributed by atoms with van der Waals surface area (Å²) >= 11 is 0. The predicted octanol–water partition coefficient (Wildman–Crippen LogP) is 3.53. The summed E-state index contributed by atoms with van der Waals surface area (Å²) in [6.45, 7) is 5.47. The first-order chi connectivity index (χ1) is 11.9. The molecule has 0 unspecified atom stereocenters. The lowest BCUT2D eigenvalue weighted by molar-refractivity contribution is 0.0198. The summed E-state index contributed by atoms with van der Waals surface area (Å²) in [6, 6.07) is 15.3.